The lowest BCUT2D eigenvalue weighted by atomic mass is 9.94. The van der Waals surface area contributed by atoms with Crippen molar-refractivity contribution in [3.05, 3.63) is 34.6 Å². The zero-order chi connectivity index (χ0) is 11.6. The van der Waals surface area contributed by atoms with E-state index in [1.165, 1.54) is 18.2 Å². The Bertz CT molecular complexity index is 343. The smallest absolute Gasteiger partial charge is 0.128 e. The molecule has 84 valence electrons. The van der Waals surface area contributed by atoms with Gasteiger partial charge < -0.3 is 10.8 Å². The highest BCUT2D eigenvalue weighted by atomic mass is 35.5. The fourth-order valence-electron chi connectivity index (χ4n) is 1.37. The molecule has 4 heteroatoms. The Labute approximate surface area is 93.9 Å². The number of halogens is 2. The molecule has 1 aromatic rings. The summed E-state index contributed by atoms with van der Waals surface area (Å²) in [5.74, 6) is -0.468. The Kier molecular flexibility index (Phi) is 4.08. The third-order valence-electron chi connectivity index (χ3n) is 2.37. The molecule has 0 aliphatic rings. The van der Waals surface area contributed by atoms with Crippen molar-refractivity contribution in [2.45, 2.75) is 26.0 Å². The summed E-state index contributed by atoms with van der Waals surface area (Å²) in [6.07, 6.45) is -0.780. The fourth-order valence-corrected chi connectivity index (χ4v) is 1.55. The van der Waals surface area contributed by atoms with E-state index in [4.69, 9.17) is 17.3 Å². The Hall–Kier alpha value is -0.640. The first-order chi connectivity index (χ1) is 6.93. The highest BCUT2D eigenvalue weighted by Crippen LogP contribution is 2.24. The molecule has 0 heterocycles. The summed E-state index contributed by atoms with van der Waals surface area (Å²) in [7, 11) is 0. The summed E-state index contributed by atoms with van der Waals surface area (Å²) in [4.78, 5) is 0. The van der Waals surface area contributed by atoms with Crippen LogP contribution in [0.5, 0.6) is 0 Å². The second kappa shape index (κ2) is 4.92. The lowest BCUT2D eigenvalue weighted by Gasteiger charge is -2.22. The van der Waals surface area contributed by atoms with Crippen LogP contribution in [-0.2, 0) is 0 Å². The van der Waals surface area contributed by atoms with Crippen LogP contribution < -0.4 is 5.73 Å². The maximum absolute atomic E-state index is 13.4. The molecular weight excluding hydrogens is 217 g/mol. The molecule has 0 amide bonds. The van der Waals surface area contributed by atoms with Gasteiger partial charge >= 0.3 is 0 Å². The van der Waals surface area contributed by atoms with Crippen LogP contribution in [0.2, 0.25) is 5.02 Å². The lowest BCUT2D eigenvalue weighted by Crippen LogP contribution is -2.31. The normalized spacial score (nSPS) is 15.4. The molecule has 0 spiro atoms. The third-order valence-corrected chi connectivity index (χ3v) is 2.60. The van der Waals surface area contributed by atoms with E-state index in [1.807, 2.05) is 13.8 Å². The van der Waals surface area contributed by atoms with Crippen molar-refractivity contribution in [3.63, 3.8) is 0 Å². The van der Waals surface area contributed by atoms with Crippen LogP contribution in [0.1, 0.15) is 25.5 Å². The first-order valence-corrected chi connectivity index (χ1v) is 5.20. The second-order valence-corrected chi connectivity index (χ2v) is 4.36. The summed E-state index contributed by atoms with van der Waals surface area (Å²) in [5.41, 5.74) is 6.01. The van der Waals surface area contributed by atoms with Crippen LogP contribution in [-0.4, -0.2) is 11.2 Å². The SMILES string of the molecule is CC(C)[C@H](O)[C@H](N)c1cc(Cl)ccc1F. The van der Waals surface area contributed by atoms with E-state index in [1.54, 1.807) is 0 Å². The highest BCUT2D eigenvalue weighted by Gasteiger charge is 2.22. The molecule has 0 radical (unpaired) electrons. The zero-order valence-corrected chi connectivity index (χ0v) is 9.50. The van der Waals surface area contributed by atoms with Crippen LogP contribution in [0.4, 0.5) is 4.39 Å². The van der Waals surface area contributed by atoms with Gasteiger partial charge in [0.1, 0.15) is 5.82 Å². The van der Waals surface area contributed by atoms with Gasteiger partial charge in [-0.3, -0.25) is 0 Å². The quantitative estimate of drug-likeness (QED) is 0.840. The molecule has 0 aromatic heterocycles. The summed E-state index contributed by atoms with van der Waals surface area (Å²) in [6, 6.07) is 3.41. The number of rotatable bonds is 3. The molecular formula is C11H15ClFNO. The van der Waals surface area contributed by atoms with Crippen molar-refractivity contribution in [2.75, 3.05) is 0 Å². The monoisotopic (exact) mass is 231 g/mol. The van der Waals surface area contributed by atoms with Crippen molar-refractivity contribution in [1.82, 2.24) is 0 Å². The number of aliphatic hydroxyl groups excluding tert-OH is 1. The Morgan fingerprint density at radius 1 is 1.40 bits per heavy atom. The van der Waals surface area contributed by atoms with Gasteiger partial charge in [-0.1, -0.05) is 25.4 Å². The highest BCUT2D eigenvalue weighted by molar-refractivity contribution is 6.30. The molecule has 0 unspecified atom stereocenters. The molecule has 0 aliphatic carbocycles. The van der Waals surface area contributed by atoms with Crippen molar-refractivity contribution < 1.29 is 9.50 Å². The molecule has 0 fully saturated rings. The van der Waals surface area contributed by atoms with E-state index in [0.29, 0.717) is 5.02 Å². The zero-order valence-electron chi connectivity index (χ0n) is 8.74. The number of benzene rings is 1. The standard InChI is InChI=1S/C11H15ClFNO/c1-6(2)11(15)10(14)8-5-7(12)3-4-9(8)13/h3-6,10-11,15H,14H2,1-2H3/t10-,11+/m1/s1. The molecule has 2 nitrogen and oxygen atoms in total. The minimum atomic E-state index is -0.780. The number of hydrogen-bond acceptors (Lipinski definition) is 2. The van der Waals surface area contributed by atoms with Gasteiger partial charge in [0.25, 0.3) is 0 Å². The summed E-state index contributed by atoms with van der Waals surface area (Å²) in [5, 5.41) is 10.1. The van der Waals surface area contributed by atoms with E-state index in [9.17, 15) is 9.50 Å². The molecule has 0 saturated heterocycles. The van der Waals surface area contributed by atoms with Crippen LogP contribution >= 0.6 is 11.6 Å². The van der Waals surface area contributed by atoms with Gasteiger partial charge in [0, 0.05) is 10.6 Å². The molecule has 0 aliphatic heterocycles. The predicted molar refractivity (Wildman–Crippen MR) is 59.2 cm³/mol. The Balaban J connectivity index is 2.99. The van der Waals surface area contributed by atoms with Gasteiger partial charge in [0.2, 0.25) is 0 Å². The second-order valence-electron chi connectivity index (χ2n) is 3.93. The maximum atomic E-state index is 13.4. The number of aliphatic hydroxyl groups is 1. The van der Waals surface area contributed by atoms with E-state index < -0.39 is 18.0 Å². The maximum Gasteiger partial charge on any atom is 0.128 e. The van der Waals surface area contributed by atoms with E-state index in [-0.39, 0.29) is 11.5 Å². The van der Waals surface area contributed by atoms with E-state index in [2.05, 4.69) is 0 Å². The topological polar surface area (TPSA) is 46.2 Å². The van der Waals surface area contributed by atoms with E-state index in [0.717, 1.165) is 0 Å². The molecule has 0 bridgehead atoms. The first kappa shape index (κ1) is 12.4. The Morgan fingerprint density at radius 2 is 2.00 bits per heavy atom. The van der Waals surface area contributed by atoms with Crippen molar-refractivity contribution >= 4 is 11.6 Å². The molecule has 1 rings (SSSR count). The van der Waals surface area contributed by atoms with Gasteiger partial charge in [0.05, 0.1) is 12.1 Å². The molecule has 2 atom stereocenters. The molecule has 3 N–H and O–H groups in total. The third kappa shape index (κ3) is 2.91. The van der Waals surface area contributed by atoms with Crippen LogP contribution in [0.15, 0.2) is 18.2 Å². The number of hydrogen-bond donors (Lipinski definition) is 2. The summed E-state index contributed by atoms with van der Waals surface area (Å²) < 4.78 is 13.4. The largest absolute Gasteiger partial charge is 0.391 e. The first-order valence-electron chi connectivity index (χ1n) is 4.82. The summed E-state index contributed by atoms with van der Waals surface area (Å²) in [6.45, 7) is 3.65. The Morgan fingerprint density at radius 3 is 2.53 bits per heavy atom. The van der Waals surface area contributed by atoms with Crippen LogP contribution in [0.3, 0.4) is 0 Å². The summed E-state index contributed by atoms with van der Waals surface area (Å²) >= 11 is 5.74. The molecule has 1 aromatic carbocycles. The van der Waals surface area contributed by atoms with Gasteiger partial charge in [-0.25, -0.2) is 4.39 Å². The fraction of sp³-hybridized carbons (Fsp3) is 0.455. The predicted octanol–water partition coefficient (Wildman–Crippen LogP) is 2.50. The molecule has 0 saturated carbocycles. The minimum Gasteiger partial charge on any atom is -0.391 e. The van der Waals surface area contributed by atoms with Gasteiger partial charge in [0.15, 0.2) is 0 Å². The van der Waals surface area contributed by atoms with E-state index >= 15 is 0 Å². The number of nitrogens with two attached hydrogens (primary N) is 1. The van der Waals surface area contributed by atoms with Crippen LogP contribution in [0, 0.1) is 11.7 Å². The van der Waals surface area contributed by atoms with Gasteiger partial charge in [-0.05, 0) is 24.1 Å². The van der Waals surface area contributed by atoms with Crippen molar-refractivity contribution in [1.29, 1.82) is 0 Å². The van der Waals surface area contributed by atoms with Crippen molar-refractivity contribution in [3.8, 4) is 0 Å². The van der Waals surface area contributed by atoms with Gasteiger partial charge in [-0.15, -0.1) is 0 Å². The van der Waals surface area contributed by atoms with Crippen LogP contribution in [0.25, 0.3) is 0 Å². The average molecular weight is 232 g/mol. The average Bonchev–Trinajstić information content (AvgIpc) is 2.19. The lowest BCUT2D eigenvalue weighted by molar-refractivity contribution is 0.0966. The minimum absolute atomic E-state index is 0.0293. The molecule has 15 heavy (non-hydrogen) atoms. The van der Waals surface area contributed by atoms with Gasteiger partial charge in [-0.2, -0.15) is 0 Å². The van der Waals surface area contributed by atoms with Crippen molar-refractivity contribution in [2.24, 2.45) is 11.7 Å².